The molecule has 96 valence electrons. The number of nitrogens with zero attached hydrogens (tertiary/aromatic N) is 1. The van der Waals surface area contributed by atoms with E-state index in [1.807, 2.05) is 0 Å². The number of benzene rings is 1. The molecule has 0 saturated heterocycles. The van der Waals surface area contributed by atoms with E-state index in [9.17, 15) is 14.8 Å². The Labute approximate surface area is 110 Å². The van der Waals surface area contributed by atoms with Gasteiger partial charge in [0.2, 0.25) is 0 Å². The van der Waals surface area contributed by atoms with Crippen LogP contribution < -0.4 is 10.0 Å². The van der Waals surface area contributed by atoms with Gasteiger partial charge in [-0.2, -0.15) is 4.73 Å². The highest BCUT2D eigenvalue weighted by Crippen LogP contribution is 2.12. The third kappa shape index (κ3) is 2.95. The monoisotopic (exact) mass is 256 g/mol. The molecule has 0 saturated carbocycles. The number of rotatable bonds is 3. The van der Waals surface area contributed by atoms with Gasteiger partial charge in [0.1, 0.15) is 0 Å². The number of Topliss-reactive ketones (excluding diaryl/α,β-unsaturated/α-hetero) is 1. The Morgan fingerprint density at radius 1 is 1.16 bits per heavy atom. The molecule has 2 rings (SSSR count). The van der Waals surface area contributed by atoms with Gasteiger partial charge in [-0.3, -0.25) is 9.59 Å². The molecule has 0 aliphatic rings. The van der Waals surface area contributed by atoms with E-state index in [-0.39, 0.29) is 11.5 Å². The van der Waals surface area contributed by atoms with E-state index in [1.54, 1.807) is 36.4 Å². The number of hydrogen-bond acceptors (Lipinski definition) is 3. The van der Waals surface area contributed by atoms with Crippen LogP contribution >= 0.6 is 0 Å². The predicted octanol–water partition coefficient (Wildman–Crippen LogP) is 1.77. The van der Waals surface area contributed by atoms with Crippen molar-refractivity contribution in [3.05, 3.63) is 65.1 Å². The molecule has 1 amide bonds. The normalized spacial score (nSPS) is 9.95. The van der Waals surface area contributed by atoms with Gasteiger partial charge in [0.25, 0.3) is 5.69 Å². The Morgan fingerprint density at radius 3 is 2.63 bits per heavy atom. The maximum Gasteiger partial charge on any atom is 0.321 e. The fourth-order valence-corrected chi connectivity index (χ4v) is 1.62. The number of carbonyl (C=O) groups is 2. The zero-order chi connectivity index (χ0) is 13.8. The van der Waals surface area contributed by atoms with Gasteiger partial charge >= 0.3 is 5.91 Å². The highest BCUT2D eigenvalue weighted by molar-refractivity contribution is 6.03. The molecular weight excluding hydrogens is 244 g/mol. The molecule has 0 unspecified atom stereocenters. The van der Waals surface area contributed by atoms with E-state index in [0.717, 1.165) is 0 Å². The molecule has 0 fully saturated rings. The van der Waals surface area contributed by atoms with Crippen LogP contribution in [0.1, 0.15) is 27.8 Å². The van der Waals surface area contributed by atoms with Crippen LogP contribution in [0.25, 0.3) is 0 Å². The number of ketones is 1. The van der Waals surface area contributed by atoms with Gasteiger partial charge in [0.05, 0.1) is 0 Å². The third-order valence-corrected chi connectivity index (χ3v) is 2.58. The first kappa shape index (κ1) is 12.8. The molecular formula is C14H12N2O3. The predicted molar refractivity (Wildman–Crippen MR) is 69.8 cm³/mol. The zero-order valence-corrected chi connectivity index (χ0v) is 10.3. The van der Waals surface area contributed by atoms with Gasteiger partial charge in [-0.05, 0) is 25.1 Å². The minimum atomic E-state index is -0.517. The van der Waals surface area contributed by atoms with Crippen LogP contribution in [-0.2, 0) is 0 Å². The van der Waals surface area contributed by atoms with Crippen LogP contribution in [-0.4, -0.2) is 11.7 Å². The molecule has 2 aromatic rings. The van der Waals surface area contributed by atoms with Gasteiger partial charge in [-0.25, -0.2) is 0 Å². The summed E-state index contributed by atoms with van der Waals surface area (Å²) in [5, 5.41) is 14.0. The van der Waals surface area contributed by atoms with Crippen molar-refractivity contribution in [3.8, 4) is 0 Å². The van der Waals surface area contributed by atoms with Crippen molar-refractivity contribution in [1.82, 2.24) is 0 Å². The summed E-state index contributed by atoms with van der Waals surface area (Å²) in [6.07, 6.45) is 1.25. The number of carbonyl (C=O) groups excluding carboxylic acids is 2. The molecule has 0 spiro atoms. The molecule has 5 heteroatoms. The van der Waals surface area contributed by atoms with E-state index in [4.69, 9.17) is 0 Å². The molecule has 0 bridgehead atoms. The average molecular weight is 256 g/mol. The van der Waals surface area contributed by atoms with Crippen LogP contribution in [0, 0.1) is 5.21 Å². The smallest absolute Gasteiger partial charge is 0.321 e. The van der Waals surface area contributed by atoms with Crippen LogP contribution in [0.2, 0.25) is 0 Å². The number of hydrogen-bond donors (Lipinski definition) is 1. The largest absolute Gasteiger partial charge is 0.618 e. The van der Waals surface area contributed by atoms with E-state index < -0.39 is 5.91 Å². The first-order valence-electron chi connectivity index (χ1n) is 5.68. The number of pyridine rings is 1. The molecule has 1 N–H and O–H groups in total. The number of anilines is 1. The highest BCUT2D eigenvalue weighted by atomic mass is 16.5. The Balaban J connectivity index is 2.22. The lowest BCUT2D eigenvalue weighted by atomic mass is 10.1. The molecule has 1 aromatic heterocycles. The van der Waals surface area contributed by atoms with Crippen molar-refractivity contribution in [2.45, 2.75) is 6.92 Å². The lowest BCUT2D eigenvalue weighted by molar-refractivity contribution is -0.607. The van der Waals surface area contributed by atoms with E-state index in [1.165, 1.54) is 19.2 Å². The van der Waals surface area contributed by atoms with Crippen molar-refractivity contribution in [1.29, 1.82) is 0 Å². The SMILES string of the molecule is CC(=O)c1cccc(NC(=O)c2cccc[n+]2[O-])c1. The quantitative estimate of drug-likeness (QED) is 0.516. The summed E-state index contributed by atoms with van der Waals surface area (Å²) < 4.78 is 0.490. The summed E-state index contributed by atoms with van der Waals surface area (Å²) in [5.74, 6) is -0.606. The molecule has 0 radical (unpaired) electrons. The molecule has 19 heavy (non-hydrogen) atoms. The molecule has 1 aromatic carbocycles. The zero-order valence-electron chi connectivity index (χ0n) is 10.3. The molecule has 5 nitrogen and oxygen atoms in total. The minimum absolute atomic E-state index is 0.00396. The third-order valence-electron chi connectivity index (χ3n) is 2.58. The van der Waals surface area contributed by atoms with E-state index in [0.29, 0.717) is 16.0 Å². The second-order valence-corrected chi connectivity index (χ2v) is 4.00. The van der Waals surface area contributed by atoms with Crippen LogP contribution in [0.15, 0.2) is 48.7 Å². The van der Waals surface area contributed by atoms with Crippen LogP contribution in [0.5, 0.6) is 0 Å². The maximum atomic E-state index is 11.9. The Bertz CT molecular complexity index is 638. The highest BCUT2D eigenvalue weighted by Gasteiger charge is 2.15. The number of nitrogens with one attached hydrogen (secondary N) is 1. The summed E-state index contributed by atoms with van der Waals surface area (Å²) in [6.45, 7) is 1.45. The molecule has 0 atom stereocenters. The van der Waals surface area contributed by atoms with Gasteiger partial charge in [0.15, 0.2) is 12.0 Å². The molecule has 1 heterocycles. The Morgan fingerprint density at radius 2 is 1.95 bits per heavy atom. The van der Waals surface area contributed by atoms with Crippen LogP contribution in [0.3, 0.4) is 0 Å². The fraction of sp³-hybridized carbons (Fsp3) is 0.0714. The first-order valence-corrected chi connectivity index (χ1v) is 5.68. The lowest BCUT2D eigenvalue weighted by Crippen LogP contribution is -2.36. The molecule has 0 aliphatic carbocycles. The van der Waals surface area contributed by atoms with Crippen molar-refractivity contribution >= 4 is 17.4 Å². The lowest BCUT2D eigenvalue weighted by Gasteiger charge is -2.06. The van der Waals surface area contributed by atoms with Gasteiger partial charge in [-0.1, -0.05) is 12.1 Å². The van der Waals surface area contributed by atoms with E-state index in [2.05, 4.69) is 5.32 Å². The standard InChI is InChI=1S/C14H12N2O3/c1-10(17)11-5-4-6-12(9-11)15-14(18)13-7-2-3-8-16(13)19/h2-9H,1H3,(H,15,18). The second-order valence-electron chi connectivity index (χ2n) is 4.00. The summed E-state index contributed by atoms with van der Waals surface area (Å²) in [6, 6.07) is 11.1. The average Bonchev–Trinajstić information content (AvgIpc) is 2.39. The maximum absolute atomic E-state index is 11.9. The molecule has 0 aliphatic heterocycles. The summed E-state index contributed by atoms with van der Waals surface area (Å²) in [7, 11) is 0. The van der Waals surface area contributed by atoms with Crippen molar-refractivity contribution in [2.75, 3.05) is 5.32 Å². The summed E-state index contributed by atoms with van der Waals surface area (Å²) in [4.78, 5) is 23.1. The van der Waals surface area contributed by atoms with Crippen molar-refractivity contribution in [2.24, 2.45) is 0 Å². The fourth-order valence-electron chi connectivity index (χ4n) is 1.62. The van der Waals surface area contributed by atoms with Crippen molar-refractivity contribution in [3.63, 3.8) is 0 Å². The number of amides is 1. The first-order chi connectivity index (χ1) is 9.08. The van der Waals surface area contributed by atoms with Crippen molar-refractivity contribution < 1.29 is 14.3 Å². The van der Waals surface area contributed by atoms with Gasteiger partial charge in [0, 0.05) is 23.4 Å². The Hall–Kier alpha value is -2.69. The summed E-state index contributed by atoms with van der Waals surface area (Å²) >= 11 is 0. The van der Waals surface area contributed by atoms with E-state index >= 15 is 0 Å². The summed E-state index contributed by atoms with van der Waals surface area (Å²) in [5.41, 5.74) is 0.971. The van der Waals surface area contributed by atoms with Gasteiger partial charge < -0.3 is 10.5 Å². The van der Waals surface area contributed by atoms with Gasteiger partial charge in [-0.15, -0.1) is 0 Å². The minimum Gasteiger partial charge on any atom is -0.618 e. The second kappa shape index (κ2) is 5.30. The number of aromatic nitrogens is 1. The van der Waals surface area contributed by atoms with Crippen LogP contribution in [0.4, 0.5) is 5.69 Å². The Kier molecular flexibility index (Phi) is 3.56. The topological polar surface area (TPSA) is 73.1 Å².